The molecule has 0 saturated carbocycles. The molecule has 0 N–H and O–H groups in total. The van der Waals surface area contributed by atoms with Crippen LogP contribution in [0.4, 0.5) is 0 Å². The fourth-order valence-corrected chi connectivity index (χ4v) is 1.98. The first-order valence-corrected chi connectivity index (χ1v) is 5.45. The van der Waals surface area contributed by atoms with Gasteiger partial charge < -0.3 is 4.42 Å². The van der Waals surface area contributed by atoms with Crippen molar-refractivity contribution in [3.63, 3.8) is 0 Å². The van der Waals surface area contributed by atoms with Crippen LogP contribution in [0.5, 0.6) is 0 Å². The SMILES string of the molecule is CCSc1cc2ccccc2oc1=O. The molecule has 1 heterocycles. The molecule has 2 nitrogen and oxygen atoms in total. The summed E-state index contributed by atoms with van der Waals surface area (Å²) in [6.45, 7) is 2.01. The molecule has 0 fully saturated rings. The number of para-hydroxylation sites is 1. The van der Waals surface area contributed by atoms with E-state index in [-0.39, 0.29) is 5.63 Å². The van der Waals surface area contributed by atoms with Crippen LogP contribution in [0.1, 0.15) is 6.92 Å². The van der Waals surface area contributed by atoms with Crippen LogP contribution in [0, 0.1) is 0 Å². The third kappa shape index (κ3) is 1.68. The topological polar surface area (TPSA) is 30.2 Å². The largest absolute Gasteiger partial charge is 0.422 e. The number of hydrogen-bond donors (Lipinski definition) is 0. The third-order valence-electron chi connectivity index (χ3n) is 1.91. The molecule has 2 rings (SSSR count). The van der Waals surface area contributed by atoms with Crippen LogP contribution in [-0.2, 0) is 0 Å². The van der Waals surface area contributed by atoms with E-state index in [0.29, 0.717) is 10.5 Å². The van der Waals surface area contributed by atoms with E-state index in [2.05, 4.69) is 0 Å². The number of hydrogen-bond acceptors (Lipinski definition) is 3. The van der Waals surface area contributed by atoms with Crippen molar-refractivity contribution in [3.05, 3.63) is 40.8 Å². The molecule has 3 heteroatoms. The van der Waals surface area contributed by atoms with Gasteiger partial charge in [0, 0.05) is 5.39 Å². The molecule has 0 saturated heterocycles. The van der Waals surface area contributed by atoms with E-state index in [1.54, 1.807) is 6.07 Å². The Bertz CT molecular complexity index is 502. The van der Waals surface area contributed by atoms with Gasteiger partial charge in [-0.15, -0.1) is 11.8 Å². The molecule has 1 aromatic heterocycles. The molecule has 0 unspecified atom stereocenters. The Hall–Kier alpha value is -1.22. The monoisotopic (exact) mass is 206 g/mol. The summed E-state index contributed by atoms with van der Waals surface area (Å²) in [5.74, 6) is 0.878. The Kier molecular flexibility index (Phi) is 2.59. The summed E-state index contributed by atoms with van der Waals surface area (Å²) in [6, 6.07) is 9.42. The smallest absolute Gasteiger partial charge is 0.350 e. The lowest BCUT2D eigenvalue weighted by atomic mass is 10.2. The molecule has 2 aromatic rings. The predicted octanol–water partition coefficient (Wildman–Crippen LogP) is 2.91. The van der Waals surface area contributed by atoms with E-state index in [0.717, 1.165) is 11.1 Å². The van der Waals surface area contributed by atoms with Crippen molar-refractivity contribution >= 4 is 22.7 Å². The van der Waals surface area contributed by atoms with Crippen molar-refractivity contribution in [2.24, 2.45) is 0 Å². The van der Waals surface area contributed by atoms with Gasteiger partial charge in [0.05, 0.1) is 4.90 Å². The Labute approximate surface area is 85.9 Å². The van der Waals surface area contributed by atoms with Crippen LogP contribution in [0.3, 0.4) is 0 Å². The third-order valence-corrected chi connectivity index (χ3v) is 2.79. The van der Waals surface area contributed by atoms with Gasteiger partial charge in [-0.05, 0) is 17.9 Å². The summed E-state index contributed by atoms with van der Waals surface area (Å²) in [7, 11) is 0. The number of fused-ring (bicyclic) bond motifs is 1. The lowest BCUT2D eigenvalue weighted by molar-refractivity contribution is 0.544. The van der Waals surface area contributed by atoms with Crippen molar-refractivity contribution in [1.82, 2.24) is 0 Å². The maximum Gasteiger partial charge on any atom is 0.350 e. The molecule has 0 amide bonds. The summed E-state index contributed by atoms with van der Waals surface area (Å²) < 4.78 is 5.17. The summed E-state index contributed by atoms with van der Waals surface area (Å²) in [6.07, 6.45) is 0. The summed E-state index contributed by atoms with van der Waals surface area (Å²) in [5.41, 5.74) is 0.411. The van der Waals surface area contributed by atoms with Crippen LogP contribution in [-0.4, -0.2) is 5.75 Å². The van der Waals surface area contributed by atoms with E-state index in [9.17, 15) is 4.79 Å². The average Bonchev–Trinajstić information content (AvgIpc) is 2.19. The highest BCUT2D eigenvalue weighted by atomic mass is 32.2. The summed E-state index contributed by atoms with van der Waals surface area (Å²) in [5, 5.41) is 0.975. The number of benzene rings is 1. The van der Waals surface area contributed by atoms with Gasteiger partial charge in [-0.3, -0.25) is 0 Å². The predicted molar refractivity (Wildman–Crippen MR) is 58.9 cm³/mol. The van der Waals surface area contributed by atoms with Crippen molar-refractivity contribution in [2.45, 2.75) is 11.8 Å². The van der Waals surface area contributed by atoms with Gasteiger partial charge in [0.2, 0.25) is 0 Å². The standard InChI is InChI=1S/C11H10O2S/c1-2-14-10-7-8-5-3-4-6-9(8)13-11(10)12/h3-7H,2H2,1H3. The fraction of sp³-hybridized carbons (Fsp3) is 0.182. The first-order valence-electron chi connectivity index (χ1n) is 4.47. The Morgan fingerprint density at radius 2 is 2.14 bits per heavy atom. The molecule has 14 heavy (non-hydrogen) atoms. The second kappa shape index (κ2) is 3.88. The molecule has 0 aliphatic rings. The van der Waals surface area contributed by atoms with Gasteiger partial charge in [0.1, 0.15) is 5.58 Å². The average molecular weight is 206 g/mol. The zero-order chi connectivity index (χ0) is 9.97. The highest BCUT2D eigenvalue weighted by Gasteiger charge is 2.03. The van der Waals surface area contributed by atoms with Crippen molar-refractivity contribution < 1.29 is 4.42 Å². The van der Waals surface area contributed by atoms with Crippen molar-refractivity contribution in [3.8, 4) is 0 Å². The maximum absolute atomic E-state index is 11.4. The normalized spacial score (nSPS) is 10.6. The zero-order valence-electron chi connectivity index (χ0n) is 7.82. The van der Waals surface area contributed by atoms with E-state index in [1.807, 2.05) is 31.2 Å². The lowest BCUT2D eigenvalue weighted by Gasteiger charge is -1.99. The molecule has 0 aliphatic heterocycles. The molecule has 1 aromatic carbocycles. The zero-order valence-corrected chi connectivity index (χ0v) is 8.64. The minimum Gasteiger partial charge on any atom is -0.422 e. The van der Waals surface area contributed by atoms with Crippen molar-refractivity contribution in [2.75, 3.05) is 5.75 Å². The van der Waals surface area contributed by atoms with E-state index >= 15 is 0 Å². The van der Waals surface area contributed by atoms with Gasteiger partial charge in [-0.25, -0.2) is 4.79 Å². The second-order valence-electron chi connectivity index (χ2n) is 2.87. The first kappa shape index (κ1) is 9.34. The molecule has 72 valence electrons. The van der Waals surface area contributed by atoms with Crippen LogP contribution in [0.2, 0.25) is 0 Å². The van der Waals surface area contributed by atoms with Gasteiger partial charge in [-0.2, -0.15) is 0 Å². The summed E-state index contributed by atoms with van der Waals surface area (Å²) >= 11 is 1.51. The van der Waals surface area contributed by atoms with Gasteiger partial charge >= 0.3 is 5.63 Å². The van der Waals surface area contributed by atoms with E-state index < -0.39 is 0 Å². The lowest BCUT2D eigenvalue weighted by Crippen LogP contribution is -2.01. The molecular weight excluding hydrogens is 196 g/mol. The molecule has 0 bridgehead atoms. The number of rotatable bonds is 2. The minimum atomic E-state index is -0.240. The maximum atomic E-state index is 11.4. The molecule has 0 spiro atoms. The second-order valence-corrected chi connectivity index (χ2v) is 4.17. The van der Waals surface area contributed by atoms with Gasteiger partial charge in [-0.1, -0.05) is 25.1 Å². The minimum absolute atomic E-state index is 0.240. The van der Waals surface area contributed by atoms with Gasteiger partial charge in [0.25, 0.3) is 0 Å². The summed E-state index contributed by atoms with van der Waals surface area (Å²) in [4.78, 5) is 12.1. The molecule has 0 aliphatic carbocycles. The van der Waals surface area contributed by atoms with Crippen LogP contribution in [0.15, 0.2) is 44.4 Å². The van der Waals surface area contributed by atoms with E-state index in [1.165, 1.54) is 11.8 Å². The van der Waals surface area contributed by atoms with Crippen LogP contribution in [0.25, 0.3) is 11.0 Å². The fourth-order valence-electron chi connectivity index (χ4n) is 1.30. The highest BCUT2D eigenvalue weighted by Crippen LogP contribution is 2.19. The first-order chi connectivity index (χ1) is 6.81. The Morgan fingerprint density at radius 3 is 2.93 bits per heavy atom. The number of thioether (sulfide) groups is 1. The highest BCUT2D eigenvalue weighted by molar-refractivity contribution is 7.99. The van der Waals surface area contributed by atoms with E-state index in [4.69, 9.17) is 4.42 Å². The van der Waals surface area contributed by atoms with Gasteiger partial charge in [0.15, 0.2) is 0 Å². The quantitative estimate of drug-likeness (QED) is 0.559. The van der Waals surface area contributed by atoms with Crippen LogP contribution < -0.4 is 5.63 Å². The van der Waals surface area contributed by atoms with Crippen molar-refractivity contribution in [1.29, 1.82) is 0 Å². The molecular formula is C11H10O2S. The Morgan fingerprint density at radius 1 is 1.36 bits per heavy atom. The molecule has 0 atom stereocenters. The molecule has 0 radical (unpaired) electrons. The van der Waals surface area contributed by atoms with Crippen LogP contribution >= 0.6 is 11.8 Å². The Balaban J connectivity index is 2.65.